The largest absolute Gasteiger partial charge is 0.376 e. The molecule has 1 aliphatic rings. The fourth-order valence-corrected chi connectivity index (χ4v) is 1.98. The number of aromatic nitrogens is 1. The normalized spacial score (nSPS) is 19.1. The van der Waals surface area contributed by atoms with Crippen LogP contribution in [-0.2, 0) is 20.8 Å². The molecule has 1 aliphatic heterocycles. The van der Waals surface area contributed by atoms with Crippen LogP contribution < -0.4 is 5.32 Å². The summed E-state index contributed by atoms with van der Waals surface area (Å²) >= 11 is 0. The predicted octanol–water partition coefficient (Wildman–Crippen LogP) is 1.28. The first-order chi connectivity index (χ1) is 9.34. The van der Waals surface area contributed by atoms with Gasteiger partial charge in [0.2, 0.25) is 5.91 Å². The van der Waals surface area contributed by atoms with E-state index < -0.39 is 0 Å². The van der Waals surface area contributed by atoms with Gasteiger partial charge in [-0.3, -0.25) is 9.78 Å². The quantitative estimate of drug-likeness (QED) is 0.841. The predicted molar refractivity (Wildman–Crippen MR) is 70.5 cm³/mol. The summed E-state index contributed by atoms with van der Waals surface area (Å²) in [6.07, 6.45) is 6.93. The van der Waals surface area contributed by atoms with Crippen LogP contribution in [0, 0.1) is 0 Å². The van der Waals surface area contributed by atoms with Gasteiger partial charge in [-0.1, -0.05) is 6.07 Å². The molecule has 2 heterocycles. The molecule has 1 N–H and O–H groups in total. The van der Waals surface area contributed by atoms with Crippen LogP contribution in [0.5, 0.6) is 0 Å². The first-order valence-electron chi connectivity index (χ1n) is 6.69. The molecule has 5 nitrogen and oxygen atoms in total. The third-order valence-electron chi connectivity index (χ3n) is 3.02. The summed E-state index contributed by atoms with van der Waals surface area (Å²) in [6.45, 7) is 1.87. The second kappa shape index (κ2) is 7.86. The smallest absolute Gasteiger partial charge is 0.246 e. The topological polar surface area (TPSA) is 60.5 Å². The molecule has 0 saturated carbocycles. The monoisotopic (exact) mass is 264 g/mol. The van der Waals surface area contributed by atoms with E-state index in [1.54, 1.807) is 12.4 Å². The highest BCUT2D eigenvalue weighted by molar-refractivity contribution is 5.77. The van der Waals surface area contributed by atoms with Crippen LogP contribution in [0.2, 0.25) is 0 Å². The van der Waals surface area contributed by atoms with Gasteiger partial charge in [-0.25, -0.2) is 0 Å². The Labute approximate surface area is 113 Å². The van der Waals surface area contributed by atoms with Gasteiger partial charge < -0.3 is 14.8 Å². The van der Waals surface area contributed by atoms with E-state index in [1.165, 1.54) is 6.42 Å². The Hall–Kier alpha value is -1.46. The van der Waals surface area contributed by atoms with E-state index in [-0.39, 0.29) is 18.6 Å². The molecular weight excluding hydrogens is 244 g/mol. The van der Waals surface area contributed by atoms with Gasteiger partial charge in [-0.15, -0.1) is 0 Å². The fraction of sp³-hybridized carbons (Fsp3) is 0.571. The lowest BCUT2D eigenvalue weighted by atomic mass is 10.1. The van der Waals surface area contributed by atoms with E-state index >= 15 is 0 Å². The first-order valence-corrected chi connectivity index (χ1v) is 6.69. The minimum Gasteiger partial charge on any atom is -0.376 e. The van der Waals surface area contributed by atoms with Crippen molar-refractivity contribution in [2.24, 2.45) is 0 Å². The first kappa shape index (κ1) is 14.0. The van der Waals surface area contributed by atoms with Gasteiger partial charge in [0, 0.05) is 25.5 Å². The second-order valence-corrected chi connectivity index (χ2v) is 4.64. The van der Waals surface area contributed by atoms with Gasteiger partial charge in [-0.05, 0) is 30.9 Å². The van der Waals surface area contributed by atoms with E-state index in [9.17, 15) is 4.79 Å². The number of hydrogen-bond donors (Lipinski definition) is 1. The maximum absolute atomic E-state index is 11.6. The molecule has 104 valence electrons. The lowest BCUT2D eigenvalue weighted by molar-refractivity contribution is -0.128. The van der Waals surface area contributed by atoms with Gasteiger partial charge >= 0.3 is 0 Å². The van der Waals surface area contributed by atoms with Crippen molar-refractivity contribution in [1.29, 1.82) is 0 Å². The lowest BCUT2D eigenvalue weighted by Gasteiger charge is -2.22. The molecule has 0 radical (unpaired) electrons. The maximum Gasteiger partial charge on any atom is 0.246 e. The number of pyridine rings is 1. The van der Waals surface area contributed by atoms with Crippen LogP contribution in [-0.4, -0.2) is 36.8 Å². The Balaban J connectivity index is 1.57. The molecule has 1 aromatic rings. The van der Waals surface area contributed by atoms with Crippen LogP contribution in [0.4, 0.5) is 0 Å². The Kier molecular flexibility index (Phi) is 5.78. The van der Waals surface area contributed by atoms with Crippen LogP contribution in [0.1, 0.15) is 24.8 Å². The minimum absolute atomic E-state index is 0.0835. The number of carbonyl (C=O) groups excluding carboxylic acids is 1. The molecule has 19 heavy (non-hydrogen) atoms. The summed E-state index contributed by atoms with van der Waals surface area (Å²) in [5, 5.41) is 2.79. The van der Waals surface area contributed by atoms with E-state index in [1.807, 2.05) is 12.1 Å². The minimum atomic E-state index is -0.111. The van der Waals surface area contributed by atoms with E-state index in [2.05, 4.69) is 10.3 Å². The van der Waals surface area contributed by atoms with Crippen molar-refractivity contribution in [2.75, 3.05) is 19.8 Å². The van der Waals surface area contributed by atoms with Crippen LogP contribution in [0.3, 0.4) is 0 Å². The summed E-state index contributed by atoms with van der Waals surface area (Å²) in [7, 11) is 0. The van der Waals surface area contributed by atoms with Crippen molar-refractivity contribution < 1.29 is 14.3 Å². The number of ether oxygens (including phenoxy) is 2. The van der Waals surface area contributed by atoms with Crippen molar-refractivity contribution >= 4 is 5.91 Å². The van der Waals surface area contributed by atoms with Crippen LogP contribution in [0.25, 0.3) is 0 Å². The van der Waals surface area contributed by atoms with Gasteiger partial charge in [0.05, 0.1) is 12.7 Å². The Bertz CT molecular complexity index is 378. The average Bonchev–Trinajstić information content (AvgIpc) is 2.47. The Morgan fingerprint density at radius 1 is 1.53 bits per heavy atom. The molecule has 1 amide bonds. The molecule has 1 saturated heterocycles. The Morgan fingerprint density at radius 2 is 2.47 bits per heavy atom. The summed E-state index contributed by atoms with van der Waals surface area (Å²) in [4.78, 5) is 15.5. The summed E-state index contributed by atoms with van der Waals surface area (Å²) in [6, 6.07) is 3.77. The molecule has 5 heteroatoms. The third-order valence-corrected chi connectivity index (χ3v) is 3.02. The van der Waals surface area contributed by atoms with Gasteiger partial charge in [0.25, 0.3) is 0 Å². The molecule has 0 spiro atoms. The van der Waals surface area contributed by atoms with Crippen molar-refractivity contribution in [3.8, 4) is 0 Å². The standard InChI is InChI=1S/C14H20N2O3/c17-14(16-9-12-4-3-6-15-8-12)11-18-10-13-5-1-2-7-19-13/h3-4,6,8,13H,1-2,5,7,9-11H2,(H,16,17). The fourth-order valence-electron chi connectivity index (χ4n) is 1.98. The van der Waals surface area contributed by atoms with E-state index in [0.29, 0.717) is 13.2 Å². The van der Waals surface area contributed by atoms with Crippen LogP contribution >= 0.6 is 0 Å². The number of amides is 1. The number of hydrogen-bond acceptors (Lipinski definition) is 4. The number of nitrogens with zero attached hydrogens (tertiary/aromatic N) is 1. The lowest BCUT2D eigenvalue weighted by Crippen LogP contribution is -2.30. The van der Waals surface area contributed by atoms with Gasteiger partial charge in [-0.2, -0.15) is 0 Å². The zero-order valence-corrected chi connectivity index (χ0v) is 11.0. The molecule has 1 unspecified atom stereocenters. The third kappa shape index (κ3) is 5.36. The number of carbonyl (C=O) groups is 1. The molecule has 0 aromatic carbocycles. The van der Waals surface area contributed by atoms with E-state index in [4.69, 9.17) is 9.47 Å². The average molecular weight is 264 g/mol. The summed E-state index contributed by atoms with van der Waals surface area (Å²) in [5.41, 5.74) is 0.978. The zero-order valence-electron chi connectivity index (χ0n) is 11.0. The highest BCUT2D eigenvalue weighted by atomic mass is 16.5. The highest BCUT2D eigenvalue weighted by Gasteiger charge is 2.14. The van der Waals surface area contributed by atoms with Gasteiger partial charge in [0.15, 0.2) is 0 Å². The second-order valence-electron chi connectivity index (χ2n) is 4.64. The molecule has 1 atom stereocenters. The van der Waals surface area contributed by atoms with Crippen molar-refractivity contribution in [3.63, 3.8) is 0 Å². The molecule has 1 fully saturated rings. The van der Waals surface area contributed by atoms with Gasteiger partial charge in [0.1, 0.15) is 6.61 Å². The zero-order chi connectivity index (χ0) is 13.3. The van der Waals surface area contributed by atoms with Crippen molar-refractivity contribution in [1.82, 2.24) is 10.3 Å². The maximum atomic E-state index is 11.6. The van der Waals surface area contributed by atoms with Crippen molar-refractivity contribution in [2.45, 2.75) is 31.9 Å². The van der Waals surface area contributed by atoms with Crippen molar-refractivity contribution in [3.05, 3.63) is 30.1 Å². The molecule has 0 bridgehead atoms. The number of rotatable bonds is 6. The van der Waals surface area contributed by atoms with E-state index in [0.717, 1.165) is 25.0 Å². The molecule has 2 rings (SSSR count). The Morgan fingerprint density at radius 3 is 3.21 bits per heavy atom. The SMILES string of the molecule is O=C(COCC1CCCCO1)NCc1cccnc1. The number of nitrogens with one attached hydrogen (secondary N) is 1. The molecule has 1 aromatic heterocycles. The highest BCUT2D eigenvalue weighted by Crippen LogP contribution is 2.12. The summed E-state index contributed by atoms with van der Waals surface area (Å²) < 4.78 is 10.9. The molecular formula is C14H20N2O3. The molecule has 0 aliphatic carbocycles. The van der Waals surface area contributed by atoms with Crippen LogP contribution in [0.15, 0.2) is 24.5 Å². The summed E-state index contributed by atoms with van der Waals surface area (Å²) in [5.74, 6) is -0.111.